The van der Waals surface area contributed by atoms with E-state index in [4.69, 9.17) is 5.73 Å². The fourth-order valence-corrected chi connectivity index (χ4v) is 2.61. The maximum absolute atomic E-state index is 6.37. The average Bonchev–Trinajstić information content (AvgIpc) is 2.55. The quantitative estimate of drug-likeness (QED) is 0.774. The Morgan fingerprint density at radius 1 is 0.952 bits per heavy atom. The van der Waals surface area contributed by atoms with Crippen LogP contribution in [0.25, 0.3) is 10.9 Å². The second-order valence-corrected chi connectivity index (χ2v) is 5.40. The summed E-state index contributed by atoms with van der Waals surface area (Å²) < 4.78 is 0. The number of benzene rings is 2. The highest BCUT2D eigenvalue weighted by atomic mass is 14.8. The number of pyridine rings is 1. The minimum absolute atomic E-state index is 0.176. The van der Waals surface area contributed by atoms with Crippen molar-refractivity contribution in [3.05, 3.63) is 77.5 Å². The van der Waals surface area contributed by atoms with Gasteiger partial charge in [0.25, 0.3) is 0 Å². The van der Waals surface area contributed by atoms with Crippen LogP contribution in [-0.4, -0.2) is 4.98 Å². The highest BCUT2D eigenvalue weighted by Crippen LogP contribution is 2.21. The van der Waals surface area contributed by atoms with Gasteiger partial charge in [-0.15, -0.1) is 0 Å². The molecule has 1 heterocycles. The largest absolute Gasteiger partial charge is 0.319 e. The molecule has 0 spiro atoms. The number of rotatable bonds is 4. The van der Waals surface area contributed by atoms with E-state index in [0.717, 1.165) is 35.0 Å². The van der Waals surface area contributed by atoms with E-state index < -0.39 is 0 Å². The molecule has 0 saturated heterocycles. The van der Waals surface area contributed by atoms with Crippen molar-refractivity contribution in [2.45, 2.75) is 25.8 Å². The monoisotopic (exact) mass is 276 g/mol. The summed E-state index contributed by atoms with van der Waals surface area (Å²) in [6.45, 7) is 2.19. The molecule has 1 aromatic heterocycles. The number of nitrogens with two attached hydrogens (primary N) is 1. The number of hydrogen-bond donors (Lipinski definition) is 1. The Kier molecular flexibility index (Phi) is 3.98. The molecule has 2 heteroatoms. The van der Waals surface area contributed by atoms with Crippen LogP contribution in [0.4, 0.5) is 0 Å². The molecule has 2 nitrogen and oxygen atoms in total. The molecule has 0 fully saturated rings. The summed E-state index contributed by atoms with van der Waals surface area (Å²) in [5, 5.41) is 1.15. The minimum atomic E-state index is -0.176. The number of nitrogens with zero attached hydrogens (tertiary/aromatic N) is 1. The van der Waals surface area contributed by atoms with Gasteiger partial charge in [-0.3, -0.25) is 4.98 Å². The molecular weight excluding hydrogens is 256 g/mol. The number of fused-ring (bicyclic) bond motifs is 1. The second kappa shape index (κ2) is 6.06. The lowest BCUT2D eigenvalue weighted by Gasteiger charge is -2.13. The molecule has 0 amide bonds. The Balaban J connectivity index is 1.90. The number of hydrogen-bond acceptors (Lipinski definition) is 2. The van der Waals surface area contributed by atoms with Gasteiger partial charge in [-0.1, -0.05) is 61.9 Å². The zero-order valence-corrected chi connectivity index (χ0v) is 12.3. The number of aromatic nitrogens is 1. The molecule has 0 aliphatic heterocycles. The van der Waals surface area contributed by atoms with Crippen LogP contribution in [0, 0.1) is 0 Å². The fraction of sp³-hybridized carbons (Fsp3) is 0.211. The fourth-order valence-electron chi connectivity index (χ4n) is 2.61. The summed E-state index contributed by atoms with van der Waals surface area (Å²) in [4.78, 5) is 4.69. The van der Waals surface area contributed by atoms with Gasteiger partial charge in [0.05, 0.1) is 17.3 Å². The molecule has 0 radical (unpaired) electrons. The van der Waals surface area contributed by atoms with Crippen molar-refractivity contribution in [1.82, 2.24) is 4.98 Å². The van der Waals surface area contributed by atoms with Crippen LogP contribution in [0.1, 0.15) is 36.2 Å². The maximum Gasteiger partial charge on any atom is 0.0726 e. The molecule has 21 heavy (non-hydrogen) atoms. The van der Waals surface area contributed by atoms with Crippen molar-refractivity contribution in [2.75, 3.05) is 0 Å². The summed E-state index contributed by atoms with van der Waals surface area (Å²) in [6.07, 6.45) is 2.28. The molecule has 1 atom stereocenters. The van der Waals surface area contributed by atoms with Gasteiger partial charge in [-0.05, 0) is 29.7 Å². The van der Waals surface area contributed by atoms with Crippen LogP contribution in [0.3, 0.4) is 0 Å². The van der Waals surface area contributed by atoms with Gasteiger partial charge in [-0.25, -0.2) is 0 Å². The topological polar surface area (TPSA) is 38.9 Å². The first kappa shape index (κ1) is 13.8. The van der Waals surface area contributed by atoms with E-state index in [1.807, 2.05) is 24.3 Å². The van der Waals surface area contributed by atoms with E-state index in [9.17, 15) is 0 Å². The van der Waals surface area contributed by atoms with E-state index in [2.05, 4.69) is 48.3 Å². The van der Waals surface area contributed by atoms with Crippen molar-refractivity contribution >= 4 is 10.9 Å². The minimum Gasteiger partial charge on any atom is -0.319 e. The Hall–Kier alpha value is -2.19. The Morgan fingerprint density at radius 2 is 1.71 bits per heavy atom. The average molecular weight is 276 g/mol. The molecule has 0 saturated carbocycles. The molecule has 106 valence electrons. The second-order valence-electron chi connectivity index (χ2n) is 5.40. The molecular formula is C19H20N2. The molecule has 0 bridgehead atoms. The highest BCUT2D eigenvalue weighted by molar-refractivity contribution is 5.78. The summed E-state index contributed by atoms with van der Waals surface area (Å²) in [5.74, 6) is 0. The van der Waals surface area contributed by atoms with Gasteiger partial charge in [0.1, 0.15) is 0 Å². The number of para-hydroxylation sites is 1. The third-order valence-electron chi connectivity index (χ3n) is 3.82. The molecule has 0 aliphatic rings. The van der Waals surface area contributed by atoms with Gasteiger partial charge in [0.15, 0.2) is 0 Å². The lowest BCUT2D eigenvalue weighted by molar-refractivity contribution is 0.833. The van der Waals surface area contributed by atoms with Gasteiger partial charge in [0.2, 0.25) is 0 Å². The Bertz CT molecular complexity index is 732. The molecule has 3 aromatic rings. The molecule has 3 rings (SSSR count). The zero-order chi connectivity index (χ0) is 14.7. The standard InChI is InChI=1S/C19H20N2/c1-2-5-14-8-10-16(11-9-14)19(20)18-13-12-15-6-3-4-7-17(15)21-18/h3-4,6-13,19H,2,5,20H2,1H3. The first-order chi connectivity index (χ1) is 10.3. The first-order valence-corrected chi connectivity index (χ1v) is 7.48. The van der Waals surface area contributed by atoms with Crippen molar-refractivity contribution in [3.63, 3.8) is 0 Å². The highest BCUT2D eigenvalue weighted by Gasteiger charge is 2.10. The van der Waals surface area contributed by atoms with E-state index in [-0.39, 0.29) is 6.04 Å². The summed E-state index contributed by atoms with van der Waals surface area (Å²) >= 11 is 0. The lowest BCUT2D eigenvalue weighted by Crippen LogP contribution is -2.13. The van der Waals surface area contributed by atoms with Crippen molar-refractivity contribution < 1.29 is 0 Å². The third-order valence-corrected chi connectivity index (χ3v) is 3.82. The molecule has 1 unspecified atom stereocenters. The normalized spacial score (nSPS) is 12.5. The van der Waals surface area contributed by atoms with Crippen LogP contribution in [-0.2, 0) is 6.42 Å². The smallest absolute Gasteiger partial charge is 0.0726 e. The Labute approximate surface area is 125 Å². The van der Waals surface area contributed by atoms with Crippen LogP contribution in [0.2, 0.25) is 0 Å². The SMILES string of the molecule is CCCc1ccc(C(N)c2ccc3ccccc3n2)cc1. The van der Waals surface area contributed by atoms with Gasteiger partial charge in [-0.2, -0.15) is 0 Å². The van der Waals surface area contributed by atoms with Gasteiger partial charge < -0.3 is 5.73 Å². The Morgan fingerprint density at radius 3 is 2.48 bits per heavy atom. The van der Waals surface area contributed by atoms with Crippen molar-refractivity contribution in [1.29, 1.82) is 0 Å². The predicted octanol–water partition coefficient (Wildman–Crippen LogP) is 4.24. The molecule has 0 aliphatic carbocycles. The van der Waals surface area contributed by atoms with Crippen LogP contribution >= 0.6 is 0 Å². The van der Waals surface area contributed by atoms with E-state index in [1.54, 1.807) is 0 Å². The van der Waals surface area contributed by atoms with Gasteiger partial charge in [0, 0.05) is 5.39 Å². The predicted molar refractivity (Wildman–Crippen MR) is 88.2 cm³/mol. The summed E-state index contributed by atoms with van der Waals surface area (Å²) in [5.41, 5.74) is 10.7. The van der Waals surface area contributed by atoms with Crippen LogP contribution in [0.15, 0.2) is 60.7 Å². The summed E-state index contributed by atoms with van der Waals surface area (Å²) in [7, 11) is 0. The lowest BCUT2D eigenvalue weighted by atomic mass is 10.0. The van der Waals surface area contributed by atoms with E-state index >= 15 is 0 Å². The first-order valence-electron chi connectivity index (χ1n) is 7.48. The van der Waals surface area contributed by atoms with Gasteiger partial charge >= 0.3 is 0 Å². The number of aryl methyl sites for hydroxylation is 1. The molecule has 2 aromatic carbocycles. The third kappa shape index (κ3) is 2.96. The van der Waals surface area contributed by atoms with E-state index in [1.165, 1.54) is 5.56 Å². The van der Waals surface area contributed by atoms with Crippen molar-refractivity contribution in [2.24, 2.45) is 5.73 Å². The van der Waals surface area contributed by atoms with Crippen molar-refractivity contribution in [3.8, 4) is 0 Å². The van der Waals surface area contributed by atoms with Crippen LogP contribution < -0.4 is 5.73 Å². The molecule has 2 N–H and O–H groups in total. The maximum atomic E-state index is 6.37. The van der Waals surface area contributed by atoms with Crippen LogP contribution in [0.5, 0.6) is 0 Å². The zero-order valence-electron chi connectivity index (χ0n) is 12.3. The summed E-state index contributed by atoms with van der Waals surface area (Å²) in [6, 6.07) is 20.6. The van der Waals surface area contributed by atoms with E-state index in [0.29, 0.717) is 0 Å².